The van der Waals surface area contributed by atoms with E-state index in [1.807, 2.05) is 29.7 Å². The molecule has 0 aliphatic heterocycles. The van der Waals surface area contributed by atoms with Crippen molar-refractivity contribution in [1.29, 1.82) is 0 Å². The summed E-state index contributed by atoms with van der Waals surface area (Å²) in [4.78, 5) is 16.7. The van der Waals surface area contributed by atoms with Gasteiger partial charge in [0.1, 0.15) is 5.65 Å². The van der Waals surface area contributed by atoms with Crippen molar-refractivity contribution in [1.82, 2.24) is 9.38 Å². The van der Waals surface area contributed by atoms with Crippen molar-refractivity contribution in [2.45, 2.75) is 6.92 Å². The lowest BCUT2D eigenvalue weighted by molar-refractivity contribution is 0.102. The fraction of sp³-hybridized carbons (Fsp3) is 0.176. The summed E-state index contributed by atoms with van der Waals surface area (Å²) < 4.78 is 12.3. The zero-order valence-corrected chi connectivity index (χ0v) is 13.2. The molecule has 118 valence electrons. The molecule has 0 bridgehead atoms. The van der Waals surface area contributed by atoms with Gasteiger partial charge in [0.2, 0.25) is 0 Å². The van der Waals surface area contributed by atoms with Crippen LogP contribution in [0.15, 0.2) is 42.7 Å². The van der Waals surface area contributed by atoms with Crippen LogP contribution in [0.5, 0.6) is 11.5 Å². The summed E-state index contributed by atoms with van der Waals surface area (Å²) >= 11 is 0. The van der Waals surface area contributed by atoms with Crippen LogP contribution < -0.4 is 14.8 Å². The number of nitrogens with zero attached hydrogens (tertiary/aromatic N) is 2. The highest BCUT2D eigenvalue weighted by molar-refractivity contribution is 6.05. The summed E-state index contributed by atoms with van der Waals surface area (Å²) in [5, 5.41) is 2.91. The Morgan fingerprint density at radius 1 is 1.13 bits per heavy atom. The zero-order valence-electron chi connectivity index (χ0n) is 13.2. The van der Waals surface area contributed by atoms with Gasteiger partial charge in [-0.3, -0.25) is 4.79 Å². The lowest BCUT2D eigenvalue weighted by atomic mass is 10.1. The molecule has 0 atom stereocenters. The molecule has 1 N–H and O–H groups in total. The first-order valence-electron chi connectivity index (χ1n) is 7.10. The Morgan fingerprint density at radius 3 is 2.65 bits per heavy atom. The minimum absolute atomic E-state index is 0.214. The molecule has 0 saturated heterocycles. The van der Waals surface area contributed by atoms with E-state index in [-0.39, 0.29) is 5.91 Å². The number of carbonyl (C=O) groups is 1. The van der Waals surface area contributed by atoms with E-state index in [0.717, 1.165) is 17.0 Å². The maximum Gasteiger partial charge on any atom is 0.255 e. The van der Waals surface area contributed by atoms with E-state index in [2.05, 4.69) is 10.3 Å². The van der Waals surface area contributed by atoms with Gasteiger partial charge in [-0.15, -0.1) is 0 Å². The molecule has 0 aliphatic carbocycles. The van der Waals surface area contributed by atoms with Crippen LogP contribution in [0.25, 0.3) is 5.65 Å². The molecule has 0 radical (unpaired) electrons. The number of carbonyl (C=O) groups excluding carboxylic acids is 1. The summed E-state index contributed by atoms with van der Waals surface area (Å²) in [6.07, 6.45) is 3.58. The lowest BCUT2D eigenvalue weighted by Gasteiger charge is -2.12. The highest BCUT2D eigenvalue weighted by atomic mass is 16.5. The second-order valence-corrected chi connectivity index (χ2v) is 5.01. The fourth-order valence-corrected chi connectivity index (χ4v) is 2.43. The number of rotatable bonds is 4. The number of anilines is 1. The summed E-state index contributed by atoms with van der Waals surface area (Å²) in [5.74, 6) is 0.885. The van der Waals surface area contributed by atoms with Crippen LogP contribution in [-0.2, 0) is 0 Å². The molecule has 0 saturated carbocycles. The highest BCUT2D eigenvalue weighted by Gasteiger charge is 2.13. The monoisotopic (exact) mass is 311 g/mol. The maximum absolute atomic E-state index is 12.5. The molecule has 1 aromatic carbocycles. The molecule has 0 fully saturated rings. The number of benzene rings is 1. The van der Waals surface area contributed by atoms with Gasteiger partial charge in [-0.25, -0.2) is 4.98 Å². The number of pyridine rings is 1. The number of hydrogen-bond acceptors (Lipinski definition) is 4. The summed E-state index contributed by atoms with van der Waals surface area (Å²) in [6, 6.07) is 8.76. The van der Waals surface area contributed by atoms with Crippen LogP contribution in [0.1, 0.15) is 16.1 Å². The van der Waals surface area contributed by atoms with Crippen LogP contribution in [0.3, 0.4) is 0 Å². The third-order valence-electron chi connectivity index (χ3n) is 3.71. The van der Waals surface area contributed by atoms with E-state index in [1.54, 1.807) is 31.5 Å². The third kappa shape index (κ3) is 2.70. The Labute approximate surface area is 133 Å². The average Bonchev–Trinajstić information content (AvgIpc) is 3.06. The maximum atomic E-state index is 12.5. The molecule has 0 aliphatic rings. The molecular weight excluding hydrogens is 294 g/mol. The molecule has 23 heavy (non-hydrogen) atoms. The van der Waals surface area contributed by atoms with Gasteiger partial charge in [0.25, 0.3) is 5.91 Å². The van der Waals surface area contributed by atoms with E-state index < -0.39 is 0 Å². The van der Waals surface area contributed by atoms with Gasteiger partial charge in [0.15, 0.2) is 11.5 Å². The topological polar surface area (TPSA) is 64.9 Å². The first kappa shape index (κ1) is 14.9. The predicted octanol–water partition coefficient (Wildman–Crippen LogP) is 2.91. The van der Waals surface area contributed by atoms with Crippen molar-refractivity contribution in [3.05, 3.63) is 54.0 Å². The minimum Gasteiger partial charge on any atom is -0.493 e. The zero-order chi connectivity index (χ0) is 16.4. The van der Waals surface area contributed by atoms with Crippen LogP contribution in [0.4, 0.5) is 5.69 Å². The smallest absolute Gasteiger partial charge is 0.255 e. The van der Waals surface area contributed by atoms with Gasteiger partial charge in [0, 0.05) is 23.7 Å². The molecule has 3 aromatic rings. The highest BCUT2D eigenvalue weighted by Crippen LogP contribution is 2.28. The Morgan fingerprint density at radius 2 is 1.91 bits per heavy atom. The molecular formula is C17H17N3O3. The SMILES string of the molecule is COc1ccc(C(=O)Nc2ccc3nccn3c2C)cc1OC. The molecule has 2 heterocycles. The van der Waals surface area contributed by atoms with Crippen molar-refractivity contribution >= 4 is 17.2 Å². The van der Waals surface area contributed by atoms with Gasteiger partial charge in [-0.1, -0.05) is 0 Å². The fourth-order valence-electron chi connectivity index (χ4n) is 2.43. The number of amides is 1. The first-order chi connectivity index (χ1) is 11.1. The van der Waals surface area contributed by atoms with Gasteiger partial charge < -0.3 is 19.2 Å². The van der Waals surface area contributed by atoms with Crippen LogP contribution in [0.2, 0.25) is 0 Å². The van der Waals surface area contributed by atoms with Crippen LogP contribution in [-0.4, -0.2) is 29.5 Å². The van der Waals surface area contributed by atoms with Crippen molar-refractivity contribution in [3.63, 3.8) is 0 Å². The Hall–Kier alpha value is -3.02. The number of aromatic nitrogens is 2. The standard InChI is InChI=1S/C17H17N3O3/c1-11-13(5-7-16-18-8-9-20(11)16)19-17(21)12-4-6-14(22-2)15(10-12)23-3/h4-10H,1-3H3,(H,19,21). The third-order valence-corrected chi connectivity index (χ3v) is 3.71. The molecule has 1 amide bonds. The quantitative estimate of drug-likeness (QED) is 0.804. The Kier molecular flexibility index (Phi) is 3.89. The van der Waals surface area contributed by atoms with Crippen molar-refractivity contribution in [3.8, 4) is 11.5 Å². The van der Waals surface area contributed by atoms with Crippen LogP contribution in [0, 0.1) is 6.92 Å². The number of imidazole rings is 1. The van der Waals surface area contributed by atoms with Gasteiger partial charge in [0.05, 0.1) is 19.9 Å². The molecule has 0 spiro atoms. The van der Waals surface area contributed by atoms with E-state index in [1.165, 1.54) is 7.11 Å². The summed E-state index contributed by atoms with van der Waals surface area (Å²) in [6.45, 7) is 1.93. The number of nitrogens with one attached hydrogen (secondary N) is 1. The van der Waals surface area contributed by atoms with Gasteiger partial charge in [-0.2, -0.15) is 0 Å². The largest absolute Gasteiger partial charge is 0.493 e. The number of methoxy groups -OCH3 is 2. The van der Waals surface area contributed by atoms with Gasteiger partial charge >= 0.3 is 0 Å². The first-order valence-corrected chi connectivity index (χ1v) is 7.10. The van der Waals surface area contributed by atoms with E-state index in [4.69, 9.17) is 9.47 Å². The van der Waals surface area contributed by atoms with Crippen molar-refractivity contribution in [2.24, 2.45) is 0 Å². The van der Waals surface area contributed by atoms with Crippen molar-refractivity contribution < 1.29 is 14.3 Å². The van der Waals surface area contributed by atoms with Gasteiger partial charge in [-0.05, 0) is 37.3 Å². The lowest BCUT2D eigenvalue weighted by Crippen LogP contribution is -2.14. The normalized spacial score (nSPS) is 10.6. The van der Waals surface area contributed by atoms with Crippen LogP contribution >= 0.6 is 0 Å². The minimum atomic E-state index is -0.214. The summed E-state index contributed by atoms with van der Waals surface area (Å²) in [7, 11) is 3.10. The molecule has 3 rings (SSSR count). The van der Waals surface area contributed by atoms with Crippen molar-refractivity contribution in [2.75, 3.05) is 19.5 Å². The second kappa shape index (κ2) is 6.00. The second-order valence-electron chi connectivity index (χ2n) is 5.01. The molecule has 2 aromatic heterocycles. The predicted molar refractivity (Wildman–Crippen MR) is 87.4 cm³/mol. The molecule has 6 nitrogen and oxygen atoms in total. The Bertz CT molecular complexity index is 871. The number of fused-ring (bicyclic) bond motifs is 1. The Balaban J connectivity index is 1.90. The summed E-state index contributed by atoms with van der Waals surface area (Å²) in [5.41, 5.74) is 2.98. The average molecular weight is 311 g/mol. The number of hydrogen-bond donors (Lipinski definition) is 1. The molecule has 6 heteroatoms. The molecule has 0 unspecified atom stereocenters. The van der Waals surface area contributed by atoms with E-state index in [9.17, 15) is 4.79 Å². The number of aryl methyl sites for hydroxylation is 1. The van der Waals surface area contributed by atoms with E-state index in [0.29, 0.717) is 17.1 Å². The number of ether oxygens (including phenoxy) is 2. The van der Waals surface area contributed by atoms with E-state index >= 15 is 0 Å².